The Labute approximate surface area is 103 Å². The van der Waals surface area contributed by atoms with E-state index in [0.29, 0.717) is 12.0 Å². The summed E-state index contributed by atoms with van der Waals surface area (Å²) < 4.78 is 0. The monoisotopic (exact) mass is 234 g/mol. The standard InChI is InChI=1S/C13H22N4/c1-10(2)12-8-13(17-9-16-12)15-7-5-11-4-3-6-14-11/h8-11,14H,3-7H2,1-2H3,(H,15,16,17)/t11-/m1/s1. The number of nitrogens with one attached hydrogen (secondary N) is 2. The van der Waals surface area contributed by atoms with Crippen molar-refractivity contribution in [3.05, 3.63) is 18.1 Å². The zero-order chi connectivity index (χ0) is 12.1. The Hall–Kier alpha value is -1.16. The number of anilines is 1. The summed E-state index contributed by atoms with van der Waals surface area (Å²) in [6, 6.07) is 2.74. The van der Waals surface area contributed by atoms with Crippen molar-refractivity contribution in [3.8, 4) is 0 Å². The molecule has 0 amide bonds. The van der Waals surface area contributed by atoms with Gasteiger partial charge in [0.05, 0.1) is 0 Å². The van der Waals surface area contributed by atoms with Gasteiger partial charge in [0.2, 0.25) is 0 Å². The Morgan fingerprint density at radius 1 is 1.47 bits per heavy atom. The van der Waals surface area contributed by atoms with E-state index in [2.05, 4.69) is 34.4 Å². The van der Waals surface area contributed by atoms with Gasteiger partial charge in [0.1, 0.15) is 12.1 Å². The van der Waals surface area contributed by atoms with Crippen molar-refractivity contribution in [1.29, 1.82) is 0 Å². The topological polar surface area (TPSA) is 49.8 Å². The van der Waals surface area contributed by atoms with Gasteiger partial charge in [-0.3, -0.25) is 0 Å². The molecule has 0 radical (unpaired) electrons. The molecule has 1 aliphatic heterocycles. The van der Waals surface area contributed by atoms with E-state index < -0.39 is 0 Å². The number of hydrogen-bond donors (Lipinski definition) is 2. The second-order valence-corrected chi connectivity index (χ2v) is 4.99. The van der Waals surface area contributed by atoms with Gasteiger partial charge in [-0.1, -0.05) is 13.8 Å². The molecule has 2 heterocycles. The normalized spacial score (nSPS) is 19.8. The van der Waals surface area contributed by atoms with Crippen molar-refractivity contribution < 1.29 is 0 Å². The van der Waals surface area contributed by atoms with Crippen LogP contribution in [0, 0.1) is 0 Å². The summed E-state index contributed by atoms with van der Waals surface area (Å²) in [5.74, 6) is 1.40. The fraction of sp³-hybridized carbons (Fsp3) is 0.692. The molecule has 17 heavy (non-hydrogen) atoms. The van der Waals surface area contributed by atoms with Crippen LogP contribution in [0.15, 0.2) is 12.4 Å². The van der Waals surface area contributed by atoms with E-state index in [4.69, 9.17) is 0 Å². The highest BCUT2D eigenvalue weighted by molar-refractivity contribution is 5.35. The number of rotatable bonds is 5. The lowest BCUT2D eigenvalue weighted by Crippen LogP contribution is -2.24. The molecule has 0 spiro atoms. The molecule has 1 atom stereocenters. The SMILES string of the molecule is CC(C)c1cc(NCC[C@H]2CCCN2)ncn1. The maximum absolute atomic E-state index is 4.26. The van der Waals surface area contributed by atoms with Crippen molar-refractivity contribution in [2.75, 3.05) is 18.4 Å². The van der Waals surface area contributed by atoms with Gasteiger partial charge >= 0.3 is 0 Å². The second-order valence-electron chi connectivity index (χ2n) is 4.99. The first-order valence-electron chi connectivity index (χ1n) is 6.55. The van der Waals surface area contributed by atoms with E-state index in [1.165, 1.54) is 25.8 Å². The van der Waals surface area contributed by atoms with Crippen LogP contribution in [0.4, 0.5) is 5.82 Å². The van der Waals surface area contributed by atoms with Crippen LogP contribution in [0.2, 0.25) is 0 Å². The first-order valence-corrected chi connectivity index (χ1v) is 6.55. The fourth-order valence-electron chi connectivity index (χ4n) is 2.16. The summed E-state index contributed by atoms with van der Waals surface area (Å²) in [6.45, 7) is 6.45. The second kappa shape index (κ2) is 5.96. The van der Waals surface area contributed by atoms with Gasteiger partial charge in [-0.25, -0.2) is 9.97 Å². The molecule has 4 nitrogen and oxygen atoms in total. The maximum Gasteiger partial charge on any atom is 0.129 e. The summed E-state index contributed by atoms with van der Waals surface area (Å²) in [6.07, 6.45) is 5.44. The molecule has 0 unspecified atom stereocenters. The van der Waals surface area contributed by atoms with Gasteiger partial charge in [0.25, 0.3) is 0 Å². The molecular formula is C13H22N4. The van der Waals surface area contributed by atoms with E-state index >= 15 is 0 Å². The van der Waals surface area contributed by atoms with E-state index in [-0.39, 0.29) is 0 Å². The zero-order valence-corrected chi connectivity index (χ0v) is 10.7. The lowest BCUT2D eigenvalue weighted by Gasteiger charge is -2.12. The van der Waals surface area contributed by atoms with Crippen LogP contribution >= 0.6 is 0 Å². The highest BCUT2D eigenvalue weighted by Gasteiger charge is 2.13. The first kappa shape index (κ1) is 12.3. The maximum atomic E-state index is 4.26. The van der Waals surface area contributed by atoms with Crippen LogP contribution in [0.3, 0.4) is 0 Å². The van der Waals surface area contributed by atoms with E-state index in [1.807, 2.05) is 6.07 Å². The minimum absolute atomic E-state index is 0.454. The smallest absolute Gasteiger partial charge is 0.129 e. The predicted octanol–water partition coefficient (Wildman–Crippen LogP) is 2.15. The average Bonchev–Trinajstić information content (AvgIpc) is 2.82. The molecule has 0 bridgehead atoms. The van der Waals surface area contributed by atoms with Gasteiger partial charge in [0, 0.05) is 24.3 Å². The average molecular weight is 234 g/mol. The molecule has 1 saturated heterocycles. The number of aromatic nitrogens is 2. The van der Waals surface area contributed by atoms with Crippen molar-refractivity contribution in [3.63, 3.8) is 0 Å². The number of hydrogen-bond acceptors (Lipinski definition) is 4. The highest BCUT2D eigenvalue weighted by atomic mass is 15.0. The molecule has 1 fully saturated rings. The van der Waals surface area contributed by atoms with Gasteiger partial charge in [0.15, 0.2) is 0 Å². The Kier molecular flexibility index (Phi) is 4.31. The lowest BCUT2D eigenvalue weighted by molar-refractivity contribution is 0.574. The van der Waals surface area contributed by atoms with E-state index in [1.54, 1.807) is 6.33 Å². The van der Waals surface area contributed by atoms with Crippen LogP contribution in [0.25, 0.3) is 0 Å². The van der Waals surface area contributed by atoms with Gasteiger partial charge in [-0.15, -0.1) is 0 Å². The van der Waals surface area contributed by atoms with Crippen molar-refractivity contribution in [2.45, 2.75) is 45.1 Å². The molecule has 2 N–H and O–H groups in total. The summed E-state index contributed by atoms with van der Waals surface area (Å²) in [7, 11) is 0. The van der Waals surface area contributed by atoms with Crippen LogP contribution in [0.1, 0.15) is 44.7 Å². The Balaban J connectivity index is 1.79. The summed E-state index contributed by atoms with van der Waals surface area (Å²) in [5.41, 5.74) is 1.10. The minimum atomic E-state index is 0.454. The van der Waals surface area contributed by atoms with Gasteiger partial charge in [-0.2, -0.15) is 0 Å². The van der Waals surface area contributed by atoms with Crippen molar-refractivity contribution >= 4 is 5.82 Å². The quantitative estimate of drug-likeness (QED) is 0.819. The third-order valence-corrected chi connectivity index (χ3v) is 3.24. The molecule has 1 aliphatic rings. The first-order chi connectivity index (χ1) is 8.25. The molecule has 2 rings (SSSR count). The van der Waals surface area contributed by atoms with Gasteiger partial charge < -0.3 is 10.6 Å². The third kappa shape index (κ3) is 3.66. The predicted molar refractivity (Wildman–Crippen MR) is 70.3 cm³/mol. The van der Waals surface area contributed by atoms with Crippen LogP contribution in [-0.4, -0.2) is 29.1 Å². The summed E-state index contributed by atoms with van der Waals surface area (Å²) >= 11 is 0. The van der Waals surface area contributed by atoms with Crippen molar-refractivity contribution in [2.24, 2.45) is 0 Å². The molecule has 0 saturated carbocycles. The molecule has 0 aromatic carbocycles. The highest BCUT2D eigenvalue weighted by Crippen LogP contribution is 2.14. The largest absolute Gasteiger partial charge is 0.370 e. The summed E-state index contributed by atoms with van der Waals surface area (Å²) in [5, 5.41) is 6.88. The van der Waals surface area contributed by atoms with Crippen LogP contribution in [0.5, 0.6) is 0 Å². The fourth-order valence-corrected chi connectivity index (χ4v) is 2.16. The van der Waals surface area contributed by atoms with Crippen molar-refractivity contribution in [1.82, 2.24) is 15.3 Å². The van der Waals surface area contributed by atoms with Crippen LogP contribution < -0.4 is 10.6 Å². The lowest BCUT2D eigenvalue weighted by atomic mass is 10.1. The molecule has 94 valence electrons. The van der Waals surface area contributed by atoms with E-state index in [0.717, 1.165) is 18.1 Å². The molecular weight excluding hydrogens is 212 g/mol. The summed E-state index contributed by atoms with van der Waals surface area (Å²) in [4.78, 5) is 8.50. The third-order valence-electron chi connectivity index (χ3n) is 3.24. The molecule has 1 aromatic rings. The molecule has 1 aromatic heterocycles. The minimum Gasteiger partial charge on any atom is -0.370 e. The molecule has 4 heteroatoms. The number of nitrogens with zero attached hydrogens (tertiary/aromatic N) is 2. The Bertz CT molecular complexity index is 345. The Morgan fingerprint density at radius 2 is 2.35 bits per heavy atom. The zero-order valence-electron chi connectivity index (χ0n) is 10.7. The Morgan fingerprint density at radius 3 is 3.06 bits per heavy atom. The van der Waals surface area contributed by atoms with E-state index in [9.17, 15) is 0 Å². The van der Waals surface area contributed by atoms with Crippen LogP contribution in [-0.2, 0) is 0 Å². The van der Waals surface area contributed by atoms with Gasteiger partial charge in [-0.05, 0) is 31.7 Å². The molecule has 0 aliphatic carbocycles.